The Morgan fingerprint density at radius 1 is 1.39 bits per heavy atom. The third-order valence-electron chi connectivity index (χ3n) is 3.07. The van der Waals surface area contributed by atoms with Crippen LogP contribution in [0.25, 0.3) is 0 Å². The van der Waals surface area contributed by atoms with Crippen molar-refractivity contribution in [1.82, 2.24) is 10.6 Å². The molecule has 0 saturated carbocycles. The highest BCUT2D eigenvalue weighted by Crippen LogP contribution is 2.33. The van der Waals surface area contributed by atoms with Gasteiger partial charge in [0.05, 0.1) is 12.1 Å². The first-order valence-corrected chi connectivity index (χ1v) is 6.82. The van der Waals surface area contributed by atoms with E-state index in [1.807, 2.05) is 11.8 Å². The zero-order chi connectivity index (χ0) is 13.5. The molecule has 0 spiro atoms. The molecule has 0 aromatic carbocycles. The van der Waals surface area contributed by atoms with E-state index in [0.29, 0.717) is 5.25 Å². The van der Waals surface area contributed by atoms with Crippen molar-refractivity contribution in [3.8, 4) is 0 Å². The second-order valence-electron chi connectivity index (χ2n) is 4.26. The zero-order valence-corrected chi connectivity index (χ0v) is 10.7. The number of unbranched alkanes of at least 4 members (excludes halogenated alkanes) is 1. The lowest BCUT2D eigenvalue weighted by Crippen LogP contribution is -2.36. The number of thioether (sulfide) groups is 1. The Bertz CT molecular complexity index is 336. The topological polar surface area (TPSA) is 126 Å². The number of carboxylic acid groups (broad SMARTS) is 1. The summed E-state index contributed by atoms with van der Waals surface area (Å²) in [5.74, 6) is 0.236. The average molecular weight is 272 g/mol. The molecule has 2 rings (SSSR count). The van der Waals surface area contributed by atoms with Gasteiger partial charge in [0.2, 0.25) is 0 Å². The van der Waals surface area contributed by atoms with Gasteiger partial charge in [-0.1, -0.05) is 6.42 Å². The number of nitrogens with zero attached hydrogens (tertiary/aromatic N) is 2. The highest BCUT2D eigenvalue weighted by Gasteiger charge is 2.42. The smallest absolute Gasteiger partial charge is 0.315 e. The van der Waals surface area contributed by atoms with E-state index in [9.17, 15) is 9.59 Å². The van der Waals surface area contributed by atoms with Crippen LogP contribution in [0.15, 0.2) is 0 Å². The highest BCUT2D eigenvalue weighted by atomic mass is 32.2. The third kappa shape index (κ3) is 3.77. The summed E-state index contributed by atoms with van der Waals surface area (Å²) in [6, 6.07) is 0.440. The maximum absolute atomic E-state index is 11.1. The lowest BCUT2D eigenvalue weighted by atomic mass is 10.0. The fraction of sp³-hybridized carbons (Fsp3) is 0.800. The summed E-state index contributed by atoms with van der Waals surface area (Å²) < 4.78 is 0. The molecule has 0 radical (unpaired) electrons. The zero-order valence-electron chi connectivity index (χ0n) is 9.83. The van der Waals surface area contributed by atoms with Crippen molar-refractivity contribution in [2.75, 3.05) is 5.75 Å². The van der Waals surface area contributed by atoms with Gasteiger partial charge in [-0.3, -0.25) is 4.79 Å². The largest absolute Gasteiger partial charge is 0.481 e. The Kier molecular flexibility index (Phi) is 5.71. The number of hydrogen-bond donors (Lipinski definition) is 3. The number of nitrogens with one attached hydrogen (secondary N) is 2. The summed E-state index contributed by atoms with van der Waals surface area (Å²) >= 11 is 1.87. The summed E-state index contributed by atoms with van der Waals surface area (Å²) in [5.41, 5.74) is 0. The van der Waals surface area contributed by atoms with Crippen molar-refractivity contribution in [2.45, 2.75) is 43.0 Å². The second-order valence-corrected chi connectivity index (χ2v) is 5.53. The number of carboxylic acids is 1. The van der Waals surface area contributed by atoms with Crippen molar-refractivity contribution in [1.29, 1.82) is 10.8 Å². The number of fused-ring (bicyclic) bond motifs is 1. The van der Waals surface area contributed by atoms with Crippen LogP contribution in [0, 0.1) is 10.8 Å². The lowest BCUT2D eigenvalue weighted by Gasteiger charge is -2.16. The van der Waals surface area contributed by atoms with Gasteiger partial charge in [0.1, 0.15) is 0 Å². The summed E-state index contributed by atoms with van der Waals surface area (Å²) in [6.07, 6.45) is 2.88. The number of rotatable bonds is 5. The fourth-order valence-electron chi connectivity index (χ4n) is 2.26. The summed E-state index contributed by atoms with van der Waals surface area (Å²) in [5, 5.41) is 26.8. The second kappa shape index (κ2) is 7.06. The van der Waals surface area contributed by atoms with Crippen LogP contribution in [0.5, 0.6) is 0 Å². The van der Waals surface area contributed by atoms with Gasteiger partial charge < -0.3 is 15.7 Å². The molecule has 0 unspecified atom stereocenters. The predicted molar refractivity (Wildman–Crippen MR) is 65.0 cm³/mol. The van der Waals surface area contributed by atoms with Crippen LogP contribution in [0.1, 0.15) is 25.7 Å². The molecule has 2 aliphatic heterocycles. The molecular formula is C10H16N4O3S. The number of amides is 2. The standard InChI is InChI=1S/C10H16N2O3S.N2/c13-8(14)4-2-1-3-7-9-6(5-16-7)11-10(15)12-9;1-2/h6-7,9H,1-5H2,(H,13,14)(H2,11,12,15);/t6-,7-,9-;/m0./s1. The molecule has 18 heavy (non-hydrogen) atoms. The fourth-order valence-corrected chi connectivity index (χ4v) is 3.81. The van der Waals surface area contributed by atoms with E-state index in [1.165, 1.54) is 0 Å². The van der Waals surface area contributed by atoms with Crippen molar-refractivity contribution in [3.05, 3.63) is 0 Å². The number of aliphatic carboxylic acids is 1. The molecule has 3 N–H and O–H groups in total. The van der Waals surface area contributed by atoms with Gasteiger partial charge >= 0.3 is 12.0 Å². The third-order valence-corrected chi connectivity index (χ3v) is 4.58. The van der Waals surface area contributed by atoms with Gasteiger partial charge in [0.15, 0.2) is 0 Å². The number of carbonyl (C=O) groups excluding carboxylic acids is 1. The van der Waals surface area contributed by atoms with E-state index >= 15 is 0 Å². The van der Waals surface area contributed by atoms with E-state index in [0.717, 1.165) is 25.0 Å². The van der Waals surface area contributed by atoms with Crippen molar-refractivity contribution >= 4 is 23.8 Å². The maximum Gasteiger partial charge on any atom is 0.315 e. The van der Waals surface area contributed by atoms with E-state index in [1.54, 1.807) is 0 Å². The Morgan fingerprint density at radius 3 is 2.78 bits per heavy atom. The predicted octanol–water partition coefficient (Wildman–Crippen LogP) is 0.827. The van der Waals surface area contributed by atoms with Gasteiger partial charge in [-0.2, -0.15) is 11.8 Å². The number of carbonyl (C=O) groups is 2. The Labute approximate surface area is 109 Å². The molecular weight excluding hydrogens is 256 g/mol. The van der Waals surface area contributed by atoms with Crippen LogP contribution in [0.3, 0.4) is 0 Å². The molecule has 7 nitrogen and oxygen atoms in total. The first-order chi connectivity index (χ1) is 8.66. The van der Waals surface area contributed by atoms with Crippen LogP contribution < -0.4 is 10.6 Å². The van der Waals surface area contributed by atoms with Crippen LogP contribution in [0.4, 0.5) is 4.79 Å². The molecule has 2 saturated heterocycles. The monoisotopic (exact) mass is 272 g/mol. The molecule has 3 atom stereocenters. The van der Waals surface area contributed by atoms with Gasteiger partial charge in [-0.05, 0) is 12.8 Å². The number of hydrogen-bond acceptors (Lipinski definition) is 5. The normalized spacial score (nSPS) is 28.6. The molecule has 2 aliphatic rings. The van der Waals surface area contributed by atoms with E-state index in [-0.39, 0.29) is 24.5 Å². The SMILES string of the molecule is N#N.O=C(O)CCCC[C@@H]1SC[C@@H]2NC(=O)N[C@@H]21. The quantitative estimate of drug-likeness (QED) is 0.386. The van der Waals surface area contributed by atoms with Crippen molar-refractivity contribution < 1.29 is 14.7 Å². The van der Waals surface area contributed by atoms with Crippen LogP contribution in [0.2, 0.25) is 0 Å². The summed E-state index contributed by atoms with van der Waals surface area (Å²) in [7, 11) is 0. The highest BCUT2D eigenvalue weighted by molar-refractivity contribution is 8.00. The molecule has 0 aliphatic carbocycles. The molecule has 0 bridgehead atoms. The molecule has 0 aromatic heterocycles. The van der Waals surface area contributed by atoms with Gasteiger partial charge in [-0.15, -0.1) is 0 Å². The molecule has 2 heterocycles. The van der Waals surface area contributed by atoms with E-state index < -0.39 is 5.97 Å². The van der Waals surface area contributed by atoms with E-state index in [4.69, 9.17) is 15.9 Å². The maximum atomic E-state index is 11.1. The van der Waals surface area contributed by atoms with Gasteiger partial charge in [0.25, 0.3) is 0 Å². The van der Waals surface area contributed by atoms with Gasteiger partial charge in [-0.25, -0.2) is 4.79 Å². The molecule has 8 heteroatoms. The Morgan fingerprint density at radius 2 is 2.11 bits per heavy atom. The molecule has 2 fully saturated rings. The van der Waals surface area contributed by atoms with Crippen LogP contribution >= 0.6 is 11.8 Å². The first kappa shape index (κ1) is 14.6. The Hall–Kier alpha value is -1.49. The first-order valence-electron chi connectivity index (χ1n) is 5.77. The summed E-state index contributed by atoms with van der Waals surface area (Å²) in [6.45, 7) is 0. The van der Waals surface area contributed by atoms with Crippen LogP contribution in [-0.2, 0) is 4.79 Å². The van der Waals surface area contributed by atoms with E-state index in [2.05, 4.69) is 10.6 Å². The minimum absolute atomic E-state index is 0.0640. The Balaban J connectivity index is 0.000000771. The van der Waals surface area contributed by atoms with Gasteiger partial charge in [0, 0.05) is 28.2 Å². The lowest BCUT2D eigenvalue weighted by molar-refractivity contribution is -0.137. The number of urea groups is 1. The minimum Gasteiger partial charge on any atom is -0.481 e. The average Bonchev–Trinajstić information content (AvgIpc) is 2.87. The molecule has 100 valence electrons. The molecule has 0 aromatic rings. The van der Waals surface area contributed by atoms with Crippen LogP contribution in [-0.4, -0.2) is 40.2 Å². The molecule has 2 amide bonds. The minimum atomic E-state index is -0.729. The summed E-state index contributed by atoms with van der Waals surface area (Å²) in [4.78, 5) is 21.5. The van der Waals surface area contributed by atoms with Crippen molar-refractivity contribution in [3.63, 3.8) is 0 Å². The van der Waals surface area contributed by atoms with Crippen molar-refractivity contribution in [2.24, 2.45) is 0 Å².